The Morgan fingerprint density at radius 2 is 1.68 bits per heavy atom. The van der Waals surface area contributed by atoms with Crippen LogP contribution in [0.5, 0.6) is 0 Å². The number of carbonyl (C=O) groups is 2. The molecule has 0 spiro atoms. The van der Waals surface area contributed by atoms with E-state index in [0.29, 0.717) is 59.1 Å². The van der Waals surface area contributed by atoms with Crippen LogP contribution in [0.3, 0.4) is 0 Å². The third-order valence-corrected chi connectivity index (χ3v) is 6.79. The van der Waals surface area contributed by atoms with E-state index in [4.69, 9.17) is 27.9 Å². The average molecular weight is 553 g/mol. The summed E-state index contributed by atoms with van der Waals surface area (Å²) in [5, 5.41) is 6.55. The van der Waals surface area contributed by atoms with Crippen LogP contribution in [0, 0.1) is 0 Å². The lowest BCUT2D eigenvalue weighted by atomic mass is 10.1. The highest BCUT2D eigenvalue weighted by Crippen LogP contribution is 2.35. The number of aromatic nitrogens is 1. The Morgan fingerprint density at radius 1 is 0.921 bits per heavy atom. The summed E-state index contributed by atoms with van der Waals surface area (Å²) >= 11 is 12.4. The first-order chi connectivity index (χ1) is 18.4. The van der Waals surface area contributed by atoms with Gasteiger partial charge in [0.05, 0.1) is 41.7 Å². The molecule has 2 N–H and O–H groups in total. The monoisotopic (exact) mass is 552 g/mol. The number of rotatable bonds is 6. The summed E-state index contributed by atoms with van der Waals surface area (Å²) in [4.78, 5) is 39.6. The standard InChI is InChI=1S/C27H26Cl2N6O3/c1-34-9-8-30-25(34)17-2-4-18(5-3-17)26(36)33-24-21(27(37)32-23-7-6-19(28)16-31-23)14-20(29)15-22(24)35-10-12-38-13-11-35/h2-7,14-16H,8-13H2,1H3,(H,33,36)(H,31,32,37). The molecule has 0 radical (unpaired) electrons. The molecule has 5 rings (SSSR count). The van der Waals surface area contributed by atoms with Crippen LogP contribution in [-0.2, 0) is 4.74 Å². The van der Waals surface area contributed by atoms with Crippen LogP contribution in [0.1, 0.15) is 26.3 Å². The summed E-state index contributed by atoms with van der Waals surface area (Å²) in [6.07, 6.45) is 1.44. The molecule has 2 amide bonds. The van der Waals surface area contributed by atoms with Crippen molar-refractivity contribution in [2.45, 2.75) is 0 Å². The molecule has 0 atom stereocenters. The van der Waals surface area contributed by atoms with E-state index in [0.717, 1.165) is 24.5 Å². The van der Waals surface area contributed by atoms with E-state index in [1.165, 1.54) is 12.3 Å². The fourth-order valence-corrected chi connectivity index (χ4v) is 4.71. The molecule has 11 heteroatoms. The number of ether oxygens (including phenoxy) is 1. The zero-order valence-electron chi connectivity index (χ0n) is 20.7. The van der Waals surface area contributed by atoms with Crippen LogP contribution in [0.4, 0.5) is 17.2 Å². The van der Waals surface area contributed by atoms with Crippen LogP contribution in [0.15, 0.2) is 59.7 Å². The lowest BCUT2D eigenvalue weighted by Gasteiger charge is -2.31. The van der Waals surface area contributed by atoms with E-state index in [-0.39, 0.29) is 11.5 Å². The third-order valence-electron chi connectivity index (χ3n) is 6.35. The van der Waals surface area contributed by atoms with Gasteiger partial charge >= 0.3 is 0 Å². The Bertz CT molecular complexity index is 1370. The number of amidine groups is 1. The molecule has 0 unspecified atom stereocenters. The molecule has 1 aromatic heterocycles. The van der Waals surface area contributed by atoms with Gasteiger partial charge in [0.15, 0.2) is 0 Å². The second kappa shape index (κ2) is 11.4. The van der Waals surface area contributed by atoms with Gasteiger partial charge in [0.2, 0.25) is 0 Å². The van der Waals surface area contributed by atoms with Crippen LogP contribution in [0.25, 0.3) is 0 Å². The molecule has 3 heterocycles. The van der Waals surface area contributed by atoms with Gasteiger partial charge in [-0.25, -0.2) is 4.98 Å². The van der Waals surface area contributed by atoms with Crippen molar-refractivity contribution < 1.29 is 14.3 Å². The number of pyridine rings is 1. The van der Waals surface area contributed by atoms with Crippen molar-refractivity contribution in [1.82, 2.24) is 9.88 Å². The highest BCUT2D eigenvalue weighted by molar-refractivity contribution is 6.32. The summed E-state index contributed by atoms with van der Waals surface area (Å²) in [6.45, 7) is 3.85. The van der Waals surface area contributed by atoms with Gasteiger partial charge < -0.3 is 25.2 Å². The second-order valence-corrected chi connectivity index (χ2v) is 9.79. The second-order valence-electron chi connectivity index (χ2n) is 8.92. The predicted molar refractivity (Wildman–Crippen MR) is 150 cm³/mol. The Kier molecular flexibility index (Phi) is 7.78. The summed E-state index contributed by atoms with van der Waals surface area (Å²) < 4.78 is 5.50. The van der Waals surface area contributed by atoms with Gasteiger partial charge in [0, 0.05) is 49.0 Å². The van der Waals surface area contributed by atoms with Crippen molar-refractivity contribution in [2.24, 2.45) is 4.99 Å². The Balaban J connectivity index is 1.46. The average Bonchev–Trinajstić information content (AvgIpc) is 3.37. The van der Waals surface area contributed by atoms with Gasteiger partial charge in [0.25, 0.3) is 11.8 Å². The van der Waals surface area contributed by atoms with Crippen molar-refractivity contribution in [3.8, 4) is 0 Å². The van der Waals surface area contributed by atoms with Gasteiger partial charge in [-0.3, -0.25) is 14.6 Å². The van der Waals surface area contributed by atoms with Gasteiger partial charge in [-0.05, 0) is 36.4 Å². The molecule has 2 aliphatic heterocycles. The molecule has 38 heavy (non-hydrogen) atoms. The van der Waals surface area contributed by atoms with E-state index in [2.05, 4.69) is 25.5 Å². The van der Waals surface area contributed by atoms with Crippen LogP contribution in [-0.4, -0.2) is 74.0 Å². The number of hydrogen-bond donors (Lipinski definition) is 2. The maximum atomic E-state index is 13.4. The number of carbonyl (C=O) groups excluding carboxylic acids is 2. The van der Waals surface area contributed by atoms with E-state index in [1.807, 2.05) is 24.1 Å². The highest BCUT2D eigenvalue weighted by atomic mass is 35.5. The number of anilines is 3. The van der Waals surface area contributed by atoms with Gasteiger partial charge in [-0.15, -0.1) is 0 Å². The summed E-state index contributed by atoms with van der Waals surface area (Å²) in [6, 6.07) is 13.8. The quantitative estimate of drug-likeness (QED) is 0.469. The van der Waals surface area contributed by atoms with Crippen molar-refractivity contribution in [3.05, 3.63) is 81.5 Å². The number of benzene rings is 2. The maximum absolute atomic E-state index is 13.4. The largest absolute Gasteiger partial charge is 0.378 e. The van der Waals surface area contributed by atoms with Crippen LogP contribution in [0.2, 0.25) is 10.0 Å². The number of halogens is 2. The lowest BCUT2D eigenvalue weighted by molar-refractivity contribution is 0.102. The lowest BCUT2D eigenvalue weighted by Crippen LogP contribution is -2.37. The number of nitrogens with zero attached hydrogens (tertiary/aromatic N) is 4. The van der Waals surface area contributed by atoms with E-state index < -0.39 is 5.91 Å². The number of amides is 2. The first kappa shape index (κ1) is 26.0. The molecule has 2 aliphatic rings. The fourth-order valence-electron chi connectivity index (χ4n) is 4.39. The molecule has 1 saturated heterocycles. The van der Waals surface area contributed by atoms with Gasteiger partial charge in [0.1, 0.15) is 11.7 Å². The topological polar surface area (TPSA) is 99.2 Å². The first-order valence-corrected chi connectivity index (χ1v) is 12.9. The zero-order valence-corrected chi connectivity index (χ0v) is 22.2. The Hall–Kier alpha value is -3.66. The molecule has 2 aromatic carbocycles. The molecule has 3 aromatic rings. The van der Waals surface area contributed by atoms with Gasteiger partial charge in [-0.1, -0.05) is 35.3 Å². The van der Waals surface area contributed by atoms with Crippen molar-refractivity contribution >= 4 is 58.0 Å². The zero-order chi connectivity index (χ0) is 26.6. The molecule has 9 nitrogen and oxygen atoms in total. The molecule has 0 saturated carbocycles. The molecular weight excluding hydrogens is 527 g/mol. The minimum Gasteiger partial charge on any atom is -0.378 e. The fraction of sp³-hybridized carbons (Fsp3) is 0.259. The molecule has 0 bridgehead atoms. The van der Waals surface area contributed by atoms with Crippen molar-refractivity contribution in [1.29, 1.82) is 0 Å². The SMILES string of the molecule is CN1CCN=C1c1ccc(C(=O)Nc2c(C(=O)Nc3ccc(Cl)cn3)cc(Cl)cc2N2CCOCC2)cc1. The summed E-state index contributed by atoms with van der Waals surface area (Å²) in [5.74, 6) is 0.400. The van der Waals surface area contributed by atoms with Crippen molar-refractivity contribution in [2.75, 3.05) is 62.0 Å². The Labute approximate surface area is 230 Å². The maximum Gasteiger partial charge on any atom is 0.259 e. The first-order valence-electron chi connectivity index (χ1n) is 12.2. The van der Waals surface area contributed by atoms with Gasteiger partial charge in [-0.2, -0.15) is 0 Å². The highest BCUT2D eigenvalue weighted by Gasteiger charge is 2.24. The van der Waals surface area contributed by atoms with Crippen molar-refractivity contribution in [3.63, 3.8) is 0 Å². The van der Waals surface area contributed by atoms with E-state index in [1.54, 1.807) is 30.3 Å². The third kappa shape index (κ3) is 5.75. The minimum atomic E-state index is -0.468. The molecule has 0 aliphatic carbocycles. The molecule has 1 fully saturated rings. The van der Waals surface area contributed by atoms with E-state index >= 15 is 0 Å². The van der Waals surface area contributed by atoms with Crippen LogP contribution < -0.4 is 15.5 Å². The molecular formula is C27H26Cl2N6O3. The minimum absolute atomic E-state index is 0.211. The number of likely N-dealkylation sites (N-methyl/N-ethyl adjacent to an activating group) is 1. The van der Waals surface area contributed by atoms with E-state index in [9.17, 15) is 9.59 Å². The summed E-state index contributed by atoms with van der Waals surface area (Å²) in [5.41, 5.74) is 2.60. The van der Waals surface area contributed by atoms with Crippen LogP contribution >= 0.6 is 23.2 Å². The Morgan fingerprint density at radius 3 is 2.34 bits per heavy atom. The molecule has 196 valence electrons. The number of morpholine rings is 1. The smallest absolute Gasteiger partial charge is 0.259 e. The normalized spacial score (nSPS) is 15.3. The summed E-state index contributed by atoms with van der Waals surface area (Å²) in [7, 11) is 1.99. The number of hydrogen-bond acceptors (Lipinski definition) is 7. The number of aliphatic imine (C=N–C) groups is 1. The number of nitrogens with one attached hydrogen (secondary N) is 2. The predicted octanol–water partition coefficient (Wildman–Crippen LogP) is 4.42.